The summed E-state index contributed by atoms with van der Waals surface area (Å²) in [4.78, 5) is 0. The molecule has 0 aliphatic rings. The molecule has 0 saturated heterocycles. The van der Waals surface area contributed by atoms with Gasteiger partial charge in [0.1, 0.15) is 0 Å². The summed E-state index contributed by atoms with van der Waals surface area (Å²) in [5.41, 5.74) is 2.86. The maximum Gasteiger partial charge on any atom is 0.0603 e. The Labute approximate surface area is 183 Å². The summed E-state index contributed by atoms with van der Waals surface area (Å²) < 4.78 is 0. The van der Waals surface area contributed by atoms with Crippen molar-refractivity contribution in [3.05, 3.63) is 24.4 Å². The third-order valence-electron chi connectivity index (χ3n) is 7.81. The monoisotopic (exact) mass is 407 g/mol. The van der Waals surface area contributed by atoms with Gasteiger partial charge in [-0.25, -0.2) is 0 Å². The first-order valence-corrected chi connectivity index (χ1v) is 11.5. The molecule has 0 heterocycles. The standard InChI is InChI=1S/C27H53NO/c1-15-20(2)27(14,19-23(4,5)6)26(12,13)25(10,11)18-22(24(7,8)9)21(3)28-16-17-29/h22,28-29H,2-3,15-19H2,1,4-14H3. The van der Waals surface area contributed by atoms with Crippen LogP contribution in [0.15, 0.2) is 24.4 Å². The minimum atomic E-state index is 0.0335. The lowest BCUT2D eigenvalue weighted by atomic mass is 9.47. The number of aliphatic hydroxyl groups is 1. The average molecular weight is 408 g/mol. The van der Waals surface area contributed by atoms with E-state index in [0.29, 0.717) is 12.5 Å². The Morgan fingerprint density at radius 3 is 1.72 bits per heavy atom. The van der Waals surface area contributed by atoms with Gasteiger partial charge in [0.25, 0.3) is 0 Å². The second kappa shape index (κ2) is 9.58. The summed E-state index contributed by atoms with van der Waals surface area (Å²) in [6.07, 6.45) is 3.17. The predicted molar refractivity (Wildman–Crippen MR) is 131 cm³/mol. The SMILES string of the molecule is C=C(NCCO)C(CC(C)(C)C(C)(C)C(C)(CC(C)(C)C)C(=C)CC)C(C)(C)C. The van der Waals surface area contributed by atoms with Gasteiger partial charge in [0.05, 0.1) is 6.61 Å². The molecule has 0 bridgehead atoms. The van der Waals surface area contributed by atoms with Gasteiger partial charge in [-0.15, -0.1) is 0 Å². The van der Waals surface area contributed by atoms with Gasteiger partial charge < -0.3 is 10.4 Å². The Morgan fingerprint density at radius 1 is 0.897 bits per heavy atom. The van der Waals surface area contributed by atoms with E-state index in [1.54, 1.807) is 0 Å². The zero-order valence-electron chi connectivity index (χ0n) is 22.0. The van der Waals surface area contributed by atoms with Crippen LogP contribution in [0.4, 0.5) is 0 Å². The smallest absolute Gasteiger partial charge is 0.0603 e. The summed E-state index contributed by atoms with van der Waals surface area (Å²) >= 11 is 0. The summed E-state index contributed by atoms with van der Waals surface area (Å²) in [7, 11) is 0. The third kappa shape index (κ3) is 6.88. The average Bonchev–Trinajstić information content (AvgIpc) is 2.53. The lowest BCUT2D eigenvalue weighted by Gasteiger charge is -2.58. The van der Waals surface area contributed by atoms with Crippen LogP contribution in [0, 0.1) is 33.0 Å². The van der Waals surface area contributed by atoms with Gasteiger partial charge in [0.15, 0.2) is 0 Å². The first-order chi connectivity index (χ1) is 12.8. The van der Waals surface area contributed by atoms with Crippen molar-refractivity contribution >= 4 is 0 Å². The predicted octanol–water partition coefficient (Wildman–Crippen LogP) is 7.60. The van der Waals surface area contributed by atoms with Crippen LogP contribution in [0.25, 0.3) is 0 Å². The molecule has 2 unspecified atom stereocenters. The molecule has 0 aromatic carbocycles. The largest absolute Gasteiger partial charge is 0.395 e. The fraction of sp³-hybridized carbons (Fsp3) is 0.852. The lowest BCUT2D eigenvalue weighted by molar-refractivity contribution is -0.0501. The summed E-state index contributed by atoms with van der Waals surface area (Å²) in [5.74, 6) is 0.317. The van der Waals surface area contributed by atoms with Gasteiger partial charge in [-0.1, -0.05) is 102 Å². The van der Waals surface area contributed by atoms with Crippen molar-refractivity contribution < 1.29 is 5.11 Å². The summed E-state index contributed by atoms with van der Waals surface area (Å²) in [6, 6.07) is 0. The first kappa shape index (κ1) is 28.2. The van der Waals surface area contributed by atoms with Crippen molar-refractivity contribution in [2.24, 2.45) is 33.0 Å². The molecule has 2 nitrogen and oxygen atoms in total. The van der Waals surface area contributed by atoms with Gasteiger partial charge in [0.2, 0.25) is 0 Å². The van der Waals surface area contributed by atoms with E-state index in [0.717, 1.165) is 25.0 Å². The van der Waals surface area contributed by atoms with E-state index >= 15 is 0 Å². The molecule has 0 fully saturated rings. The van der Waals surface area contributed by atoms with Gasteiger partial charge >= 0.3 is 0 Å². The van der Waals surface area contributed by atoms with Crippen LogP contribution < -0.4 is 5.32 Å². The molecular weight excluding hydrogens is 354 g/mol. The quantitative estimate of drug-likeness (QED) is 0.346. The van der Waals surface area contributed by atoms with Crippen LogP contribution in [0.1, 0.15) is 102 Å². The minimum Gasteiger partial charge on any atom is -0.395 e. The van der Waals surface area contributed by atoms with E-state index < -0.39 is 0 Å². The van der Waals surface area contributed by atoms with Crippen molar-refractivity contribution in [2.75, 3.05) is 13.2 Å². The number of aliphatic hydroxyl groups excluding tert-OH is 1. The number of hydrogen-bond donors (Lipinski definition) is 2. The van der Waals surface area contributed by atoms with Crippen LogP contribution in [0.5, 0.6) is 0 Å². The number of rotatable bonds is 11. The van der Waals surface area contributed by atoms with Gasteiger partial charge in [-0.2, -0.15) is 0 Å². The van der Waals surface area contributed by atoms with E-state index in [4.69, 9.17) is 0 Å². The molecule has 0 saturated carbocycles. The molecule has 2 heteroatoms. The molecule has 29 heavy (non-hydrogen) atoms. The Kier molecular flexibility index (Phi) is 9.33. The molecule has 0 aromatic heterocycles. The second-order valence-electron chi connectivity index (χ2n) is 12.8. The lowest BCUT2D eigenvalue weighted by Crippen LogP contribution is -2.50. The molecule has 0 rings (SSSR count). The number of hydrogen-bond acceptors (Lipinski definition) is 2. The van der Waals surface area contributed by atoms with Crippen molar-refractivity contribution in [3.63, 3.8) is 0 Å². The zero-order chi connectivity index (χ0) is 23.5. The van der Waals surface area contributed by atoms with E-state index in [2.05, 4.69) is 102 Å². The molecule has 0 spiro atoms. The maximum absolute atomic E-state index is 9.25. The van der Waals surface area contributed by atoms with Crippen molar-refractivity contribution in [2.45, 2.75) is 102 Å². The van der Waals surface area contributed by atoms with Crippen LogP contribution in [-0.2, 0) is 0 Å². The minimum absolute atomic E-state index is 0.0335. The number of allylic oxidation sites excluding steroid dienone is 2. The molecule has 2 atom stereocenters. The Hall–Kier alpha value is -0.760. The Bertz CT molecular complexity index is 556. The van der Waals surface area contributed by atoms with Crippen LogP contribution in [0.2, 0.25) is 0 Å². The zero-order valence-corrected chi connectivity index (χ0v) is 22.0. The van der Waals surface area contributed by atoms with Crippen LogP contribution in [0.3, 0.4) is 0 Å². The van der Waals surface area contributed by atoms with E-state index in [1.807, 2.05) is 0 Å². The molecule has 0 aromatic rings. The van der Waals surface area contributed by atoms with E-state index in [1.165, 1.54) is 5.57 Å². The second-order valence-corrected chi connectivity index (χ2v) is 12.8. The molecule has 0 amide bonds. The first-order valence-electron chi connectivity index (χ1n) is 11.5. The summed E-state index contributed by atoms with van der Waals surface area (Å²) in [6.45, 7) is 38.0. The number of nitrogens with one attached hydrogen (secondary N) is 1. The van der Waals surface area contributed by atoms with Gasteiger partial charge in [-0.3, -0.25) is 0 Å². The Balaban J connectivity index is 6.17. The molecule has 0 aliphatic carbocycles. The fourth-order valence-electron chi connectivity index (χ4n) is 5.04. The molecule has 172 valence electrons. The van der Waals surface area contributed by atoms with Crippen LogP contribution in [-0.4, -0.2) is 18.3 Å². The van der Waals surface area contributed by atoms with Gasteiger partial charge in [-0.05, 0) is 46.3 Å². The third-order valence-corrected chi connectivity index (χ3v) is 7.81. The molecule has 2 N–H and O–H groups in total. The topological polar surface area (TPSA) is 32.3 Å². The van der Waals surface area contributed by atoms with Gasteiger partial charge in [0, 0.05) is 18.2 Å². The highest BCUT2D eigenvalue weighted by molar-refractivity contribution is 5.18. The molecule has 0 radical (unpaired) electrons. The van der Waals surface area contributed by atoms with E-state index in [9.17, 15) is 5.11 Å². The molecular formula is C27H53NO. The normalized spacial score (nSPS) is 16.9. The van der Waals surface area contributed by atoms with Crippen molar-refractivity contribution in [1.29, 1.82) is 0 Å². The molecule has 0 aliphatic heterocycles. The Morgan fingerprint density at radius 2 is 1.38 bits per heavy atom. The van der Waals surface area contributed by atoms with E-state index in [-0.39, 0.29) is 33.7 Å². The highest BCUT2D eigenvalue weighted by Crippen LogP contribution is 2.61. The fourth-order valence-corrected chi connectivity index (χ4v) is 5.04. The maximum atomic E-state index is 9.25. The van der Waals surface area contributed by atoms with Crippen LogP contribution >= 0.6 is 0 Å². The highest BCUT2D eigenvalue weighted by Gasteiger charge is 2.53. The van der Waals surface area contributed by atoms with Crippen molar-refractivity contribution in [3.8, 4) is 0 Å². The summed E-state index contributed by atoms with van der Waals surface area (Å²) in [5, 5.41) is 12.6. The highest BCUT2D eigenvalue weighted by atomic mass is 16.3. The van der Waals surface area contributed by atoms with Crippen molar-refractivity contribution in [1.82, 2.24) is 5.32 Å².